The van der Waals surface area contributed by atoms with E-state index in [2.05, 4.69) is 5.10 Å². The van der Waals surface area contributed by atoms with E-state index in [-0.39, 0.29) is 30.5 Å². The van der Waals surface area contributed by atoms with Gasteiger partial charge in [0.05, 0.1) is 24.7 Å². The number of hydrogen-bond acceptors (Lipinski definition) is 4. The standard InChI is InChI=1S/C20H17F3N4O3/c21-12-5-11(6-13(22)7-12)18-3-4-25-27(18)20(29)26-9-15(10-26)30-14-1-2-17(23)16(8-14)19(24)28/h1-2,4-8,15,18H,3,9-10H2,(H2,24,28). The van der Waals surface area contributed by atoms with E-state index in [0.29, 0.717) is 12.0 Å². The first kappa shape index (κ1) is 19.7. The van der Waals surface area contributed by atoms with Crippen LogP contribution in [-0.2, 0) is 0 Å². The van der Waals surface area contributed by atoms with Gasteiger partial charge in [0, 0.05) is 18.7 Å². The summed E-state index contributed by atoms with van der Waals surface area (Å²) >= 11 is 0. The molecule has 156 valence electrons. The summed E-state index contributed by atoms with van der Waals surface area (Å²) in [5, 5.41) is 5.23. The molecule has 0 saturated carbocycles. The quantitative estimate of drug-likeness (QED) is 0.828. The second kappa shape index (κ2) is 7.69. The zero-order valence-corrected chi connectivity index (χ0v) is 15.6. The summed E-state index contributed by atoms with van der Waals surface area (Å²) in [5.74, 6) is -2.84. The van der Waals surface area contributed by atoms with E-state index < -0.39 is 35.4 Å². The van der Waals surface area contributed by atoms with Gasteiger partial charge in [-0.05, 0) is 35.9 Å². The van der Waals surface area contributed by atoms with Crippen LogP contribution in [0.1, 0.15) is 28.4 Å². The van der Waals surface area contributed by atoms with Gasteiger partial charge in [0.25, 0.3) is 5.91 Å². The minimum absolute atomic E-state index is 0.234. The second-order valence-corrected chi connectivity index (χ2v) is 7.03. The van der Waals surface area contributed by atoms with Crippen molar-refractivity contribution >= 4 is 18.2 Å². The molecule has 1 unspecified atom stereocenters. The molecule has 1 saturated heterocycles. The Hall–Kier alpha value is -3.56. The maximum absolute atomic E-state index is 13.5. The van der Waals surface area contributed by atoms with Gasteiger partial charge in [-0.1, -0.05) is 0 Å². The number of likely N-dealkylation sites (tertiary alicyclic amines) is 1. The molecule has 0 aromatic heterocycles. The van der Waals surface area contributed by atoms with Gasteiger partial charge in [0.2, 0.25) is 0 Å². The lowest BCUT2D eigenvalue weighted by Crippen LogP contribution is -2.58. The Bertz CT molecular complexity index is 1020. The number of ether oxygens (including phenoxy) is 1. The van der Waals surface area contributed by atoms with Gasteiger partial charge < -0.3 is 15.4 Å². The second-order valence-electron chi connectivity index (χ2n) is 7.03. The third kappa shape index (κ3) is 3.80. The maximum Gasteiger partial charge on any atom is 0.341 e. The molecular weight excluding hydrogens is 401 g/mol. The molecule has 2 N–H and O–H groups in total. The molecule has 1 fully saturated rings. The van der Waals surface area contributed by atoms with Crippen LogP contribution >= 0.6 is 0 Å². The summed E-state index contributed by atoms with van der Waals surface area (Å²) < 4.78 is 46.3. The van der Waals surface area contributed by atoms with Crippen molar-refractivity contribution in [3.05, 3.63) is 65.0 Å². The van der Waals surface area contributed by atoms with Gasteiger partial charge in [0.1, 0.15) is 29.3 Å². The number of hydrogen-bond donors (Lipinski definition) is 1. The Kier molecular flexibility index (Phi) is 5.06. The maximum atomic E-state index is 13.5. The molecule has 2 aromatic carbocycles. The average Bonchev–Trinajstić information content (AvgIpc) is 3.14. The van der Waals surface area contributed by atoms with Crippen molar-refractivity contribution in [2.75, 3.05) is 13.1 Å². The van der Waals surface area contributed by atoms with Crippen LogP contribution in [0.25, 0.3) is 0 Å². The number of nitrogens with zero attached hydrogens (tertiary/aromatic N) is 3. The molecule has 7 nitrogen and oxygen atoms in total. The first-order chi connectivity index (χ1) is 14.3. The highest BCUT2D eigenvalue weighted by atomic mass is 19.1. The van der Waals surface area contributed by atoms with Crippen molar-refractivity contribution < 1.29 is 27.5 Å². The number of carbonyl (C=O) groups excluding carboxylic acids is 2. The summed E-state index contributed by atoms with van der Waals surface area (Å²) in [7, 11) is 0. The molecule has 0 spiro atoms. The number of amides is 3. The van der Waals surface area contributed by atoms with Crippen molar-refractivity contribution in [1.29, 1.82) is 0 Å². The number of nitrogens with two attached hydrogens (primary N) is 1. The first-order valence-electron chi connectivity index (χ1n) is 9.14. The molecule has 4 rings (SSSR count). The molecule has 30 heavy (non-hydrogen) atoms. The Labute approximate surface area is 169 Å². The molecule has 2 aliphatic heterocycles. The lowest BCUT2D eigenvalue weighted by atomic mass is 10.0. The molecule has 10 heteroatoms. The number of primary amides is 1. The highest BCUT2D eigenvalue weighted by Crippen LogP contribution is 2.31. The first-order valence-corrected chi connectivity index (χ1v) is 9.14. The zero-order valence-electron chi connectivity index (χ0n) is 15.6. The minimum Gasteiger partial charge on any atom is -0.487 e. The Morgan fingerprint density at radius 1 is 1.07 bits per heavy atom. The fourth-order valence-electron chi connectivity index (χ4n) is 3.42. The lowest BCUT2D eigenvalue weighted by molar-refractivity contribution is 0.0276. The molecule has 1 atom stereocenters. The van der Waals surface area contributed by atoms with Crippen LogP contribution in [0.2, 0.25) is 0 Å². The van der Waals surface area contributed by atoms with Crippen LogP contribution in [-0.4, -0.2) is 47.3 Å². The van der Waals surface area contributed by atoms with E-state index in [4.69, 9.17) is 10.5 Å². The van der Waals surface area contributed by atoms with Gasteiger partial charge >= 0.3 is 6.03 Å². The molecular formula is C20H17F3N4O3. The van der Waals surface area contributed by atoms with Crippen LogP contribution in [0.15, 0.2) is 41.5 Å². The van der Waals surface area contributed by atoms with Gasteiger partial charge in [-0.2, -0.15) is 5.10 Å². The number of benzene rings is 2. The van der Waals surface area contributed by atoms with E-state index in [9.17, 15) is 22.8 Å². The molecule has 2 aliphatic rings. The predicted octanol–water partition coefficient (Wildman–Crippen LogP) is 2.82. The Morgan fingerprint density at radius 2 is 1.77 bits per heavy atom. The van der Waals surface area contributed by atoms with Gasteiger partial charge in [0.15, 0.2) is 0 Å². The summed E-state index contributed by atoms with van der Waals surface area (Å²) in [6.07, 6.45) is 1.49. The SMILES string of the molecule is NC(=O)c1cc(OC2CN(C(=O)N3N=CCC3c3cc(F)cc(F)c3)C2)ccc1F. The largest absolute Gasteiger partial charge is 0.487 e. The Morgan fingerprint density at radius 3 is 2.43 bits per heavy atom. The predicted molar refractivity (Wildman–Crippen MR) is 100 cm³/mol. The number of carbonyl (C=O) groups is 2. The zero-order chi connectivity index (χ0) is 21.4. The fourth-order valence-corrected chi connectivity index (χ4v) is 3.42. The van der Waals surface area contributed by atoms with Crippen molar-refractivity contribution in [1.82, 2.24) is 9.91 Å². The molecule has 2 aromatic rings. The van der Waals surface area contributed by atoms with Crippen LogP contribution in [0.3, 0.4) is 0 Å². The van der Waals surface area contributed by atoms with Crippen molar-refractivity contribution in [3.8, 4) is 5.75 Å². The smallest absolute Gasteiger partial charge is 0.341 e. The molecule has 0 bridgehead atoms. The van der Waals surface area contributed by atoms with Crippen molar-refractivity contribution in [3.63, 3.8) is 0 Å². The van der Waals surface area contributed by atoms with Crippen LogP contribution < -0.4 is 10.5 Å². The summed E-state index contributed by atoms with van der Waals surface area (Å²) in [6, 6.07) is 5.76. The van der Waals surface area contributed by atoms with Crippen LogP contribution in [0, 0.1) is 17.5 Å². The van der Waals surface area contributed by atoms with E-state index in [1.54, 1.807) is 0 Å². The van der Waals surface area contributed by atoms with Crippen LogP contribution in [0.5, 0.6) is 5.75 Å². The summed E-state index contributed by atoms with van der Waals surface area (Å²) in [6.45, 7) is 0.469. The summed E-state index contributed by atoms with van der Waals surface area (Å²) in [5.41, 5.74) is 5.15. The van der Waals surface area contributed by atoms with Gasteiger partial charge in [-0.15, -0.1) is 0 Å². The minimum atomic E-state index is -0.907. The normalized spacial score (nSPS) is 18.4. The fraction of sp³-hybridized carbons (Fsp3) is 0.250. The van der Waals surface area contributed by atoms with E-state index in [0.717, 1.165) is 12.1 Å². The molecule has 0 radical (unpaired) electrons. The Balaban J connectivity index is 1.38. The molecule has 0 aliphatic carbocycles. The van der Waals surface area contributed by atoms with E-state index in [1.165, 1.54) is 40.4 Å². The van der Waals surface area contributed by atoms with E-state index >= 15 is 0 Å². The number of hydrazone groups is 1. The third-order valence-corrected chi connectivity index (χ3v) is 4.92. The highest BCUT2D eigenvalue weighted by molar-refractivity contribution is 5.93. The lowest BCUT2D eigenvalue weighted by Gasteiger charge is -2.41. The number of halogens is 3. The third-order valence-electron chi connectivity index (χ3n) is 4.92. The highest BCUT2D eigenvalue weighted by Gasteiger charge is 2.39. The number of rotatable bonds is 4. The van der Waals surface area contributed by atoms with Crippen molar-refractivity contribution in [2.45, 2.75) is 18.6 Å². The van der Waals surface area contributed by atoms with Gasteiger partial charge in [-0.25, -0.2) is 23.0 Å². The van der Waals surface area contributed by atoms with E-state index in [1.807, 2.05) is 0 Å². The molecule has 3 amide bonds. The van der Waals surface area contributed by atoms with Gasteiger partial charge in [-0.3, -0.25) is 4.79 Å². The topological polar surface area (TPSA) is 88.2 Å². The molecule has 2 heterocycles. The number of urea groups is 1. The monoisotopic (exact) mass is 418 g/mol. The van der Waals surface area contributed by atoms with Crippen LogP contribution in [0.4, 0.5) is 18.0 Å². The van der Waals surface area contributed by atoms with Crippen molar-refractivity contribution in [2.24, 2.45) is 10.8 Å². The summed E-state index contributed by atoms with van der Waals surface area (Å²) in [4.78, 5) is 25.4. The average molecular weight is 418 g/mol.